The molecule has 0 spiro atoms. The maximum atomic E-state index is 12.7. The number of rotatable bonds is 3. The Morgan fingerprint density at radius 3 is 2.85 bits per heavy atom. The lowest BCUT2D eigenvalue weighted by Gasteiger charge is -2.18. The maximum absolute atomic E-state index is 12.7. The van der Waals surface area contributed by atoms with Crippen molar-refractivity contribution in [3.05, 3.63) is 16.9 Å². The van der Waals surface area contributed by atoms with Crippen molar-refractivity contribution in [3.63, 3.8) is 0 Å². The van der Waals surface area contributed by atoms with E-state index in [1.54, 1.807) is 4.57 Å². The number of aromatic nitrogens is 1. The molecular weight excluding hydrogens is 390 g/mol. The molecule has 8 nitrogen and oxygen atoms in total. The minimum absolute atomic E-state index is 0.167. The first-order valence-corrected chi connectivity index (χ1v) is 11.0. The monoisotopic (exact) mass is 407 g/mol. The molecule has 0 N–H and O–H groups in total. The summed E-state index contributed by atoms with van der Waals surface area (Å²) in [7, 11) is -3.46. The van der Waals surface area contributed by atoms with Crippen molar-refractivity contribution in [2.75, 3.05) is 19.6 Å². The molecule has 3 heterocycles. The molecule has 1 aromatic carbocycles. The number of carbonyl (C=O) groups is 1. The molecule has 2 aromatic rings. The lowest BCUT2D eigenvalue weighted by Crippen LogP contribution is -2.39. The van der Waals surface area contributed by atoms with Gasteiger partial charge in [0.1, 0.15) is 6.04 Å². The van der Waals surface area contributed by atoms with Crippen LogP contribution in [0.5, 0.6) is 11.5 Å². The molecular formula is C17H17N3O5S2. The SMILES string of the molecule is C#CCn1c(=NC(=O)C2CCCN2S(C)(=O)=O)sc2cc3c(cc21)OCO3. The lowest BCUT2D eigenvalue weighted by molar-refractivity contribution is -0.121. The molecule has 1 amide bonds. The van der Waals surface area contributed by atoms with Crippen molar-refractivity contribution < 1.29 is 22.7 Å². The molecule has 10 heteroatoms. The van der Waals surface area contributed by atoms with E-state index in [-0.39, 0.29) is 13.3 Å². The van der Waals surface area contributed by atoms with Crippen LogP contribution in [0.3, 0.4) is 0 Å². The van der Waals surface area contributed by atoms with Crippen LogP contribution in [0, 0.1) is 12.3 Å². The van der Waals surface area contributed by atoms with Crippen LogP contribution in [-0.2, 0) is 21.4 Å². The summed E-state index contributed by atoms with van der Waals surface area (Å²) < 4.78 is 38.4. The Bertz CT molecular complexity index is 1140. The van der Waals surface area contributed by atoms with E-state index in [1.165, 1.54) is 15.6 Å². The van der Waals surface area contributed by atoms with Gasteiger partial charge in [0, 0.05) is 18.7 Å². The number of benzene rings is 1. The predicted molar refractivity (Wildman–Crippen MR) is 99.9 cm³/mol. The first-order valence-electron chi connectivity index (χ1n) is 8.30. The summed E-state index contributed by atoms with van der Waals surface area (Å²) in [5.74, 6) is 3.34. The van der Waals surface area contributed by atoms with Crippen molar-refractivity contribution in [3.8, 4) is 23.8 Å². The van der Waals surface area contributed by atoms with Crippen LogP contribution in [0.2, 0.25) is 0 Å². The average molecular weight is 407 g/mol. The third-order valence-corrected chi connectivity index (χ3v) is 6.88. The molecule has 0 saturated carbocycles. The summed E-state index contributed by atoms with van der Waals surface area (Å²) >= 11 is 1.30. The Hall–Kier alpha value is -2.35. The molecule has 0 radical (unpaired) electrons. The summed E-state index contributed by atoms with van der Waals surface area (Å²) in [6.07, 6.45) is 7.70. The predicted octanol–water partition coefficient (Wildman–Crippen LogP) is 0.916. The summed E-state index contributed by atoms with van der Waals surface area (Å²) in [5, 5.41) is 0. The van der Waals surface area contributed by atoms with Gasteiger partial charge in [0.25, 0.3) is 5.91 Å². The third kappa shape index (κ3) is 3.22. The molecule has 27 heavy (non-hydrogen) atoms. The molecule has 4 rings (SSSR count). The van der Waals surface area contributed by atoms with Crippen molar-refractivity contribution in [1.82, 2.24) is 8.87 Å². The first-order chi connectivity index (χ1) is 12.9. The van der Waals surface area contributed by atoms with Crippen LogP contribution < -0.4 is 14.3 Å². The van der Waals surface area contributed by atoms with Gasteiger partial charge in [-0.3, -0.25) is 4.79 Å². The van der Waals surface area contributed by atoms with E-state index in [0.29, 0.717) is 35.7 Å². The van der Waals surface area contributed by atoms with Crippen molar-refractivity contribution in [2.45, 2.75) is 25.4 Å². The van der Waals surface area contributed by atoms with Crippen molar-refractivity contribution in [2.24, 2.45) is 4.99 Å². The standard InChI is InChI=1S/C17H17N3O5S2/c1-3-6-19-12-8-13-14(25-10-24-13)9-15(12)26-17(19)18-16(21)11-5-4-7-20(11)27(2,22)23/h1,8-9,11H,4-7,10H2,2H3. The van der Waals surface area contributed by atoms with Gasteiger partial charge in [0.2, 0.25) is 16.8 Å². The molecule has 2 aliphatic heterocycles. The van der Waals surface area contributed by atoms with Crippen LogP contribution in [0.15, 0.2) is 17.1 Å². The van der Waals surface area contributed by atoms with E-state index in [1.807, 2.05) is 12.1 Å². The summed E-state index contributed by atoms with van der Waals surface area (Å²) in [6.45, 7) is 0.732. The molecule has 1 fully saturated rings. The van der Waals surface area contributed by atoms with Crippen LogP contribution in [0.1, 0.15) is 12.8 Å². The number of nitrogens with zero attached hydrogens (tertiary/aromatic N) is 3. The molecule has 1 aromatic heterocycles. The van der Waals surface area contributed by atoms with Gasteiger partial charge in [-0.1, -0.05) is 17.3 Å². The Balaban J connectivity index is 1.79. The smallest absolute Gasteiger partial charge is 0.266 e. The number of fused-ring (bicyclic) bond motifs is 2. The van der Waals surface area contributed by atoms with Gasteiger partial charge in [0.05, 0.1) is 23.0 Å². The van der Waals surface area contributed by atoms with Crippen LogP contribution in [-0.4, -0.2) is 48.8 Å². The second kappa shape index (κ2) is 6.67. The Kier molecular flexibility index (Phi) is 4.46. The molecule has 1 atom stereocenters. The Morgan fingerprint density at radius 1 is 1.41 bits per heavy atom. The van der Waals surface area contributed by atoms with Crippen LogP contribution in [0.25, 0.3) is 10.2 Å². The minimum atomic E-state index is -3.46. The van der Waals surface area contributed by atoms with Gasteiger partial charge < -0.3 is 14.0 Å². The zero-order valence-corrected chi connectivity index (χ0v) is 16.2. The highest BCUT2D eigenvalue weighted by molar-refractivity contribution is 7.88. The van der Waals surface area contributed by atoms with Crippen LogP contribution >= 0.6 is 11.3 Å². The normalized spacial score (nSPS) is 20.3. The molecule has 1 saturated heterocycles. The largest absolute Gasteiger partial charge is 0.454 e. The second-order valence-electron chi connectivity index (χ2n) is 6.33. The summed E-state index contributed by atoms with van der Waals surface area (Å²) in [5.41, 5.74) is 0.792. The van der Waals surface area contributed by atoms with E-state index in [4.69, 9.17) is 15.9 Å². The fourth-order valence-corrected chi connectivity index (χ4v) is 5.51. The number of hydrogen-bond donors (Lipinski definition) is 0. The zero-order chi connectivity index (χ0) is 19.2. The Labute approximate surface area is 160 Å². The van der Waals surface area contributed by atoms with E-state index >= 15 is 0 Å². The molecule has 0 aliphatic carbocycles. The van der Waals surface area contributed by atoms with Gasteiger partial charge in [-0.25, -0.2) is 8.42 Å². The van der Waals surface area contributed by atoms with Crippen LogP contribution in [0.4, 0.5) is 0 Å². The fourth-order valence-electron chi connectivity index (χ4n) is 3.34. The van der Waals surface area contributed by atoms with Gasteiger partial charge in [0.15, 0.2) is 16.3 Å². The van der Waals surface area contributed by atoms with Crippen molar-refractivity contribution >= 4 is 37.5 Å². The van der Waals surface area contributed by atoms with Gasteiger partial charge in [-0.15, -0.1) is 6.42 Å². The number of hydrogen-bond acceptors (Lipinski definition) is 6. The maximum Gasteiger partial charge on any atom is 0.266 e. The van der Waals surface area contributed by atoms with E-state index in [2.05, 4.69) is 10.9 Å². The number of carbonyl (C=O) groups excluding carboxylic acids is 1. The minimum Gasteiger partial charge on any atom is -0.454 e. The van der Waals surface area contributed by atoms with Gasteiger partial charge in [-0.05, 0) is 12.8 Å². The number of amides is 1. The second-order valence-corrected chi connectivity index (χ2v) is 9.27. The third-order valence-electron chi connectivity index (χ3n) is 4.55. The summed E-state index contributed by atoms with van der Waals surface area (Å²) in [6, 6.07) is 2.88. The molecule has 0 bridgehead atoms. The highest BCUT2D eigenvalue weighted by Gasteiger charge is 2.36. The average Bonchev–Trinajstić information content (AvgIpc) is 3.31. The van der Waals surface area contributed by atoms with Crippen molar-refractivity contribution in [1.29, 1.82) is 0 Å². The number of ether oxygens (including phenoxy) is 2. The van der Waals surface area contributed by atoms with Gasteiger partial charge >= 0.3 is 0 Å². The Morgan fingerprint density at radius 2 is 2.15 bits per heavy atom. The quantitative estimate of drug-likeness (QED) is 0.706. The van der Waals surface area contributed by atoms with E-state index in [9.17, 15) is 13.2 Å². The van der Waals surface area contributed by atoms with E-state index < -0.39 is 22.0 Å². The topological polar surface area (TPSA) is 90.2 Å². The number of thiazole rings is 1. The molecule has 2 aliphatic rings. The first kappa shape index (κ1) is 18.0. The zero-order valence-electron chi connectivity index (χ0n) is 14.5. The highest BCUT2D eigenvalue weighted by atomic mass is 32.2. The number of terminal acetylenes is 1. The summed E-state index contributed by atoms with van der Waals surface area (Å²) in [4.78, 5) is 17.4. The van der Waals surface area contributed by atoms with E-state index in [0.717, 1.165) is 16.5 Å². The molecule has 142 valence electrons. The lowest BCUT2D eigenvalue weighted by atomic mass is 10.2. The number of sulfonamides is 1. The molecule has 1 unspecified atom stereocenters. The van der Waals surface area contributed by atoms with Gasteiger partial charge in [-0.2, -0.15) is 9.30 Å². The fraction of sp³-hybridized carbons (Fsp3) is 0.412. The highest BCUT2D eigenvalue weighted by Crippen LogP contribution is 2.37.